The highest BCUT2D eigenvalue weighted by molar-refractivity contribution is 9.10. The minimum Gasteiger partial charge on any atom is -0.325 e. The molecule has 20 heavy (non-hydrogen) atoms. The number of anilines is 1. The van der Waals surface area contributed by atoms with Crippen molar-refractivity contribution in [2.75, 3.05) is 5.32 Å². The zero-order valence-corrected chi connectivity index (χ0v) is 13.7. The molecule has 0 aliphatic carbocycles. The van der Waals surface area contributed by atoms with E-state index in [0.717, 1.165) is 26.9 Å². The van der Waals surface area contributed by atoms with Crippen molar-refractivity contribution in [3.8, 4) is 0 Å². The molecule has 2 nitrogen and oxygen atoms in total. The Labute approximate surface area is 132 Å². The minimum atomic E-state index is -0.0556. The minimum absolute atomic E-state index is 0.0556. The Balaban J connectivity index is 2.13. The average Bonchev–Trinajstić information content (AvgIpc) is 2.33. The van der Waals surface area contributed by atoms with E-state index in [9.17, 15) is 4.79 Å². The Bertz CT molecular complexity index is 632. The summed E-state index contributed by atoms with van der Waals surface area (Å²) in [6.07, 6.45) is 0.306. The zero-order chi connectivity index (χ0) is 14.7. The predicted molar refractivity (Wildman–Crippen MR) is 87.4 cm³/mol. The van der Waals surface area contributed by atoms with Crippen molar-refractivity contribution in [2.45, 2.75) is 20.3 Å². The Kier molecular flexibility index (Phi) is 4.84. The first-order valence-corrected chi connectivity index (χ1v) is 7.44. The van der Waals surface area contributed by atoms with Gasteiger partial charge >= 0.3 is 0 Å². The zero-order valence-electron chi connectivity index (χ0n) is 11.3. The maximum absolute atomic E-state index is 12.1. The van der Waals surface area contributed by atoms with Gasteiger partial charge in [-0.1, -0.05) is 29.8 Å². The lowest BCUT2D eigenvalue weighted by molar-refractivity contribution is -0.115. The SMILES string of the molecule is Cc1cc(C)c(NC(=O)Cc2cccc(Cl)c2)c(Br)c1. The summed E-state index contributed by atoms with van der Waals surface area (Å²) in [6, 6.07) is 11.4. The standard InChI is InChI=1S/C16H15BrClNO/c1-10-6-11(2)16(14(17)7-10)19-15(20)9-12-4-3-5-13(18)8-12/h3-8H,9H2,1-2H3,(H,19,20). The van der Waals surface area contributed by atoms with Crippen molar-refractivity contribution in [1.29, 1.82) is 0 Å². The van der Waals surface area contributed by atoms with Gasteiger partial charge in [0.1, 0.15) is 0 Å². The van der Waals surface area contributed by atoms with Gasteiger partial charge in [-0.2, -0.15) is 0 Å². The molecule has 0 fully saturated rings. The topological polar surface area (TPSA) is 29.1 Å². The number of hydrogen-bond donors (Lipinski definition) is 1. The molecule has 0 heterocycles. The summed E-state index contributed by atoms with van der Waals surface area (Å²) in [5.74, 6) is -0.0556. The van der Waals surface area contributed by atoms with E-state index in [1.165, 1.54) is 0 Å². The van der Waals surface area contributed by atoms with Crippen LogP contribution in [0.2, 0.25) is 5.02 Å². The maximum Gasteiger partial charge on any atom is 0.228 e. The fourth-order valence-corrected chi connectivity index (χ4v) is 3.08. The number of nitrogens with one attached hydrogen (secondary N) is 1. The number of rotatable bonds is 3. The van der Waals surface area contributed by atoms with Crippen LogP contribution in [0.4, 0.5) is 5.69 Å². The number of carbonyl (C=O) groups is 1. The van der Waals surface area contributed by atoms with Crippen LogP contribution < -0.4 is 5.32 Å². The lowest BCUT2D eigenvalue weighted by Crippen LogP contribution is -2.15. The fraction of sp³-hybridized carbons (Fsp3) is 0.188. The molecule has 1 amide bonds. The normalized spacial score (nSPS) is 10.4. The van der Waals surface area contributed by atoms with E-state index in [2.05, 4.69) is 21.2 Å². The van der Waals surface area contributed by atoms with Crippen molar-refractivity contribution >= 4 is 39.1 Å². The van der Waals surface area contributed by atoms with Gasteiger partial charge in [0.25, 0.3) is 0 Å². The molecule has 0 aliphatic heterocycles. The maximum atomic E-state index is 12.1. The highest BCUT2D eigenvalue weighted by atomic mass is 79.9. The molecule has 1 N–H and O–H groups in total. The van der Waals surface area contributed by atoms with E-state index in [0.29, 0.717) is 11.4 Å². The first kappa shape index (κ1) is 15.1. The van der Waals surface area contributed by atoms with Gasteiger partial charge in [0.15, 0.2) is 0 Å². The van der Waals surface area contributed by atoms with E-state index in [4.69, 9.17) is 11.6 Å². The molecule has 0 atom stereocenters. The number of halogens is 2. The lowest BCUT2D eigenvalue weighted by Gasteiger charge is -2.12. The number of amides is 1. The predicted octanol–water partition coefficient (Wildman–Crippen LogP) is 4.90. The van der Waals surface area contributed by atoms with E-state index >= 15 is 0 Å². The van der Waals surface area contributed by atoms with Crippen LogP contribution in [0.5, 0.6) is 0 Å². The molecule has 0 spiro atoms. The van der Waals surface area contributed by atoms with Gasteiger partial charge in [0.05, 0.1) is 12.1 Å². The van der Waals surface area contributed by atoms with Crippen molar-refractivity contribution in [3.05, 3.63) is 62.6 Å². The van der Waals surface area contributed by atoms with Crippen LogP contribution in [0, 0.1) is 13.8 Å². The van der Waals surface area contributed by atoms with Crippen LogP contribution in [0.15, 0.2) is 40.9 Å². The smallest absolute Gasteiger partial charge is 0.228 e. The van der Waals surface area contributed by atoms with Crippen LogP contribution in [0.3, 0.4) is 0 Å². The Morgan fingerprint density at radius 1 is 1.25 bits per heavy atom. The molecule has 2 aromatic rings. The second kappa shape index (κ2) is 6.42. The van der Waals surface area contributed by atoms with Crippen molar-refractivity contribution < 1.29 is 4.79 Å². The molecule has 2 rings (SSSR count). The lowest BCUT2D eigenvalue weighted by atomic mass is 10.1. The molecular formula is C16H15BrClNO. The van der Waals surface area contributed by atoms with Crippen LogP contribution in [-0.2, 0) is 11.2 Å². The molecular weight excluding hydrogens is 338 g/mol. The molecule has 0 unspecified atom stereocenters. The molecule has 4 heteroatoms. The Hall–Kier alpha value is -1.32. The summed E-state index contributed by atoms with van der Waals surface area (Å²) in [7, 11) is 0. The Morgan fingerprint density at radius 2 is 2.00 bits per heavy atom. The molecule has 2 aromatic carbocycles. The number of aryl methyl sites for hydroxylation is 2. The summed E-state index contributed by atoms with van der Waals surface area (Å²) >= 11 is 9.40. The van der Waals surface area contributed by atoms with Gasteiger partial charge in [-0.3, -0.25) is 4.79 Å². The highest BCUT2D eigenvalue weighted by Gasteiger charge is 2.10. The third kappa shape index (κ3) is 3.84. The molecule has 0 saturated carbocycles. The average molecular weight is 353 g/mol. The van der Waals surface area contributed by atoms with E-state index in [-0.39, 0.29) is 5.91 Å². The van der Waals surface area contributed by atoms with Gasteiger partial charge in [0, 0.05) is 9.50 Å². The first-order chi connectivity index (χ1) is 9.45. The summed E-state index contributed by atoms with van der Waals surface area (Å²) < 4.78 is 0.898. The largest absolute Gasteiger partial charge is 0.325 e. The fourth-order valence-electron chi connectivity index (χ4n) is 2.09. The van der Waals surface area contributed by atoms with Gasteiger partial charge in [0.2, 0.25) is 5.91 Å². The molecule has 0 bridgehead atoms. The third-order valence-electron chi connectivity index (χ3n) is 2.95. The van der Waals surface area contributed by atoms with Crippen molar-refractivity contribution in [2.24, 2.45) is 0 Å². The van der Waals surface area contributed by atoms with Crippen molar-refractivity contribution in [3.63, 3.8) is 0 Å². The quantitative estimate of drug-likeness (QED) is 0.836. The van der Waals surface area contributed by atoms with Gasteiger partial charge in [-0.25, -0.2) is 0 Å². The molecule has 0 saturated heterocycles. The number of hydrogen-bond acceptors (Lipinski definition) is 1. The van der Waals surface area contributed by atoms with E-state index < -0.39 is 0 Å². The van der Waals surface area contributed by atoms with E-state index in [1.807, 2.05) is 38.1 Å². The highest BCUT2D eigenvalue weighted by Crippen LogP contribution is 2.28. The second-order valence-corrected chi connectivity index (χ2v) is 6.08. The second-order valence-electron chi connectivity index (χ2n) is 4.79. The number of carbonyl (C=O) groups excluding carboxylic acids is 1. The summed E-state index contributed by atoms with van der Waals surface area (Å²) in [4.78, 5) is 12.1. The third-order valence-corrected chi connectivity index (χ3v) is 3.81. The summed E-state index contributed by atoms with van der Waals surface area (Å²) in [6.45, 7) is 4.00. The molecule has 0 aromatic heterocycles. The van der Waals surface area contributed by atoms with Crippen LogP contribution in [0.25, 0.3) is 0 Å². The molecule has 0 aliphatic rings. The first-order valence-electron chi connectivity index (χ1n) is 6.27. The van der Waals surface area contributed by atoms with Crippen molar-refractivity contribution in [1.82, 2.24) is 0 Å². The summed E-state index contributed by atoms with van der Waals surface area (Å²) in [5, 5.41) is 3.59. The van der Waals surface area contributed by atoms with Crippen LogP contribution >= 0.6 is 27.5 Å². The van der Waals surface area contributed by atoms with E-state index in [1.54, 1.807) is 12.1 Å². The number of benzene rings is 2. The van der Waals surface area contributed by atoms with Gasteiger partial charge in [-0.15, -0.1) is 0 Å². The molecule has 0 radical (unpaired) electrons. The summed E-state index contributed by atoms with van der Waals surface area (Å²) in [5.41, 5.74) is 3.91. The Morgan fingerprint density at radius 3 is 2.65 bits per heavy atom. The van der Waals surface area contributed by atoms with Gasteiger partial charge in [-0.05, 0) is 64.7 Å². The van der Waals surface area contributed by atoms with Gasteiger partial charge < -0.3 is 5.32 Å². The molecule has 104 valence electrons. The van der Waals surface area contributed by atoms with Crippen LogP contribution in [-0.4, -0.2) is 5.91 Å². The van der Waals surface area contributed by atoms with Crippen LogP contribution in [0.1, 0.15) is 16.7 Å². The monoisotopic (exact) mass is 351 g/mol.